The van der Waals surface area contributed by atoms with Crippen LogP contribution in [-0.4, -0.2) is 95.5 Å². The van der Waals surface area contributed by atoms with Gasteiger partial charge in [0.15, 0.2) is 22.6 Å². The zero-order valence-electron chi connectivity index (χ0n) is 29.7. The maximum absolute atomic E-state index is 15.3. The zero-order chi connectivity index (χ0) is 39.2. The number of aryl methyl sites for hydroxylation is 1. The fourth-order valence-electron chi connectivity index (χ4n) is 6.70. The van der Waals surface area contributed by atoms with E-state index in [4.69, 9.17) is 11.6 Å². The summed E-state index contributed by atoms with van der Waals surface area (Å²) in [5.74, 6) is -1.97. The summed E-state index contributed by atoms with van der Waals surface area (Å²) in [5.41, 5.74) is -0.170. The lowest BCUT2D eigenvalue weighted by molar-refractivity contribution is -0.137. The van der Waals surface area contributed by atoms with Gasteiger partial charge in [-0.05, 0) is 57.1 Å². The summed E-state index contributed by atoms with van der Waals surface area (Å²) in [6.07, 6.45) is -2.16. The number of piperazine rings is 1. The smallest absolute Gasteiger partial charge is 0.416 e. The van der Waals surface area contributed by atoms with Crippen LogP contribution in [0.15, 0.2) is 47.5 Å². The fourth-order valence-corrected chi connectivity index (χ4v) is 6.93. The number of benzene rings is 2. The first-order valence-electron chi connectivity index (χ1n) is 17.5. The molecule has 0 aliphatic carbocycles. The van der Waals surface area contributed by atoms with Crippen LogP contribution >= 0.6 is 11.6 Å². The average molecular weight is 783 g/mol. The molecule has 0 spiro atoms. The Morgan fingerprint density at radius 2 is 1.75 bits per heavy atom. The standard InChI is InChI=1S/C36H35ClF4N10O4/c1-3-27-31(48-11-13-49(14-12-48)35(55)30-32(53)20(2)42-19-43-30)33(54)29-34(46-51(45-29)23-7-5-21(25(38)16-23)17-47-9-4-10-47)50(27)18-28(52)44-26-8-6-22(15-24(26)37)36(39,40)41/h5-8,15-16,19,53H,3-4,9-14,17-18H2,1-2H3,(H,44,52). The van der Waals surface area contributed by atoms with Crippen LogP contribution in [0.4, 0.5) is 28.9 Å². The van der Waals surface area contributed by atoms with Crippen LogP contribution in [0.5, 0.6) is 5.75 Å². The molecular formula is C36H35ClF4N10O4. The maximum atomic E-state index is 15.3. The average Bonchev–Trinajstić information content (AvgIpc) is 3.59. The molecule has 0 bridgehead atoms. The van der Waals surface area contributed by atoms with Crippen molar-refractivity contribution in [2.24, 2.45) is 0 Å². The van der Waals surface area contributed by atoms with Crippen LogP contribution in [0.25, 0.3) is 16.9 Å². The first-order valence-corrected chi connectivity index (χ1v) is 17.9. The molecular weight excluding hydrogens is 748 g/mol. The molecule has 0 saturated carbocycles. The lowest BCUT2D eigenvalue weighted by Gasteiger charge is -2.36. The van der Waals surface area contributed by atoms with Gasteiger partial charge in [0.2, 0.25) is 11.3 Å². The number of halogens is 5. The van der Waals surface area contributed by atoms with Gasteiger partial charge < -0.3 is 24.8 Å². The molecule has 2 aromatic carbocycles. The van der Waals surface area contributed by atoms with Gasteiger partial charge in [0, 0.05) is 50.0 Å². The second-order valence-electron chi connectivity index (χ2n) is 13.3. The van der Waals surface area contributed by atoms with Crippen molar-refractivity contribution >= 4 is 46.0 Å². The van der Waals surface area contributed by atoms with Crippen molar-refractivity contribution in [3.8, 4) is 11.4 Å². The fraction of sp³-hybridized carbons (Fsp3) is 0.361. The van der Waals surface area contributed by atoms with Crippen LogP contribution in [0.2, 0.25) is 5.02 Å². The highest BCUT2D eigenvalue weighted by Crippen LogP contribution is 2.34. The highest BCUT2D eigenvalue weighted by atomic mass is 35.5. The van der Waals surface area contributed by atoms with E-state index in [1.54, 1.807) is 30.9 Å². The van der Waals surface area contributed by atoms with Gasteiger partial charge in [0.25, 0.3) is 5.91 Å². The molecule has 288 valence electrons. The minimum Gasteiger partial charge on any atom is -0.504 e. The van der Waals surface area contributed by atoms with Crippen LogP contribution in [0.1, 0.15) is 46.3 Å². The number of alkyl halides is 3. The molecule has 2 aliphatic heterocycles. The number of anilines is 2. The first kappa shape index (κ1) is 37.7. The molecule has 14 nitrogen and oxygen atoms in total. The molecule has 55 heavy (non-hydrogen) atoms. The second-order valence-corrected chi connectivity index (χ2v) is 13.7. The van der Waals surface area contributed by atoms with Crippen LogP contribution in [0, 0.1) is 12.7 Å². The predicted molar refractivity (Wildman–Crippen MR) is 194 cm³/mol. The van der Waals surface area contributed by atoms with Crippen molar-refractivity contribution in [2.45, 2.75) is 46.0 Å². The normalized spacial score (nSPS) is 15.0. The molecule has 2 saturated heterocycles. The third-order valence-corrected chi connectivity index (χ3v) is 10.1. The third kappa shape index (κ3) is 7.43. The van der Waals surface area contributed by atoms with Gasteiger partial charge in [-0.1, -0.05) is 24.6 Å². The quantitative estimate of drug-likeness (QED) is 0.204. The topological polar surface area (TPSA) is 155 Å². The largest absolute Gasteiger partial charge is 0.504 e. The number of hydrogen-bond acceptors (Lipinski definition) is 10. The molecule has 5 aromatic rings. The number of carbonyl (C=O) groups is 2. The van der Waals surface area contributed by atoms with Crippen LogP contribution in [0.3, 0.4) is 0 Å². The number of carbonyl (C=O) groups excluding carboxylic acids is 2. The van der Waals surface area contributed by atoms with Crippen LogP contribution < -0.4 is 15.6 Å². The third-order valence-electron chi connectivity index (χ3n) is 9.79. The lowest BCUT2D eigenvalue weighted by Crippen LogP contribution is -2.50. The summed E-state index contributed by atoms with van der Waals surface area (Å²) in [6, 6.07) is 7.11. The molecule has 19 heteroatoms. The summed E-state index contributed by atoms with van der Waals surface area (Å²) < 4.78 is 56.6. The van der Waals surface area contributed by atoms with E-state index < -0.39 is 41.3 Å². The van der Waals surface area contributed by atoms with Crippen molar-refractivity contribution < 1.29 is 32.3 Å². The number of hydrogen-bond donors (Lipinski definition) is 2. The molecule has 7 rings (SSSR count). The minimum absolute atomic E-state index is 0.0211. The molecule has 3 aromatic heterocycles. The van der Waals surface area contributed by atoms with E-state index in [0.29, 0.717) is 23.9 Å². The molecule has 0 unspecified atom stereocenters. The Balaban J connectivity index is 1.24. The Kier molecular flexibility index (Phi) is 10.2. The highest BCUT2D eigenvalue weighted by Gasteiger charge is 2.32. The van der Waals surface area contributed by atoms with Crippen molar-refractivity contribution in [1.29, 1.82) is 0 Å². The highest BCUT2D eigenvalue weighted by molar-refractivity contribution is 6.33. The number of nitrogens with zero attached hydrogens (tertiary/aromatic N) is 9. The first-order chi connectivity index (χ1) is 26.2. The summed E-state index contributed by atoms with van der Waals surface area (Å²) in [6.45, 7) is 5.80. The lowest BCUT2D eigenvalue weighted by atomic mass is 10.1. The van der Waals surface area contributed by atoms with Gasteiger partial charge in [0.05, 0.1) is 27.7 Å². The summed E-state index contributed by atoms with van der Waals surface area (Å²) >= 11 is 6.13. The summed E-state index contributed by atoms with van der Waals surface area (Å²) in [7, 11) is 0. The number of likely N-dealkylation sites (tertiary alicyclic amines) is 1. The summed E-state index contributed by atoms with van der Waals surface area (Å²) in [4.78, 5) is 55.6. The maximum Gasteiger partial charge on any atom is 0.416 e. The van der Waals surface area contributed by atoms with Gasteiger partial charge in [-0.15, -0.1) is 15.0 Å². The number of aromatic nitrogens is 6. The molecule has 2 amide bonds. The van der Waals surface area contributed by atoms with E-state index in [9.17, 15) is 32.7 Å². The van der Waals surface area contributed by atoms with E-state index in [1.165, 1.54) is 21.9 Å². The Morgan fingerprint density at radius 3 is 2.38 bits per heavy atom. The van der Waals surface area contributed by atoms with Gasteiger partial charge in [-0.25, -0.2) is 14.4 Å². The van der Waals surface area contributed by atoms with Crippen molar-refractivity contribution in [3.63, 3.8) is 0 Å². The number of aromatic hydroxyl groups is 1. The zero-order valence-corrected chi connectivity index (χ0v) is 30.5. The van der Waals surface area contributed by atoms with E-state index in [0.717, 1.165) is 36.4 Å². The number of rotatable bonds is 9. The van der Waals surface area contributed by atoms with Gasteiger partial charge in [-0.3, -0.25) is 19.3 Å². The number of pyridine rings is 1. The van der Waals surface area contributed by atoms with E-state index >= 15 is 4.39 Å². The molecule has 5 heterocycles. The van der Waals surface area contributed by atoms with Crippen molar-refractivity contribution in [2.75, 3.05) is 49.5 Å². The number of fused-ring (bicyclic) bond motifs is 1. The minimum atomic E-state index is -4.64. The van der Waals surface area contributed by atoms with Gasteiger partial charge in [0.1, 0.15) is 24.4 Å². The molecule has 0 atom stereocenters. The Hall–Kier alpha value is -5.62. The SMILES string of the molecule is CCc1c(N2CCN(C(=O)c3ncnc(C)c3O)CC2)c(=O)c2nn(-c3ccc(CN4CCC4)c(F)c3)nc2n1CC(=O)Nc1ccc(C(F)(F)F)cc1Cl. The van der Waals surface area contributed by atoms with Crippen LogP contribution in [-0.2, 0) is 30.5 Å². The Labute approximate surface area is 315 Å². The van der Waals surface area contributed by atoms with E-state index in [2.05, 4.69) is 30.4 Å². The van der Waals surface area contributed by atoms with Crippen molar-refractivity contribution in [1.82, 2.24) is 39.3 Å². The number of nitrogens with one attached hydrogen (secondary N) is 1. The van der Waals surface area contributed by atoms with Gasteiger partial charge >= 0.3 is 6.18 Å². The summed E-state index contributed by atoms with van der Waals surface area (Å²) in [5, 5.41) is 21.7. The molecule has 2 N–H and O–H groups in total. The Bertz CT molecular complexity index is 2370. The van der Waals surface area contributed by atoms with E-state index in [-0.39, 0.29) is 83.0 Å². The molecule has 2 fully saturated rings. The monoisotopic (exact) mass is 782 g/mol. The van der Waals surface area contributed by atoms with Gasteiger partial charge in [-0.2, -0.15) is 13.2 Å². The molecule has 2 aliphatic rings. The number of amides is 2. The predicted octanol–water partition coefficient (Wildman–Crippen LogP) is 4.57. The van der Waals surface area contributed by atoms with Crippen molar-refractivity contribution in [3.05, 3.63) is 92.0 Å². The Morgan fingerprint density at radius 1 is 1.00 bits per heavy atom. The van der Waals surface area contributed by atoms with E-state index in [1.807, 2.05) is 0 Å². The molecule has 0 radical (unpaired) electrons. The second kappa shape index (κ2) is 14.9.